The van der Waals surface area contributed by atoms with E-state index < -0.39 is 0 Å². The Hall–Kier alpha value is -2.04. The number of aromatic nitrogens is 2. The molecule has 4 nitrogen and oxygen atoms in total. The molecule has 102 valence electrons. The van der Waals surface area contributed by atoms with Gasteiger partial charge >= 0.3 is 0 Å². The highest BCUT2D eigenvalue weighted by Gasteiger charge is 2.13. The predicted octanol–water partition coefficient (Wildman–Crippen LogP) is 3.16. The van der Waals surface area contributed by atoms with Crippen molar-refractivity contribution in [3.63, 3.8) is 0 Å². The highest BCUT2D eigenvalue weighted by molar-refractivity contribution is 6.34. The molecular formula is C15H14ClN3O. The van der Waals surface area contributed by atoms with Gasteiger partial charge in [-0.05, 0) is 36.2 Å². The van der Waals surface area contributed by atoms with Gasteiger partial charge < -0.3 is 15.8 Å². The molecule has 0 aliphatic rings. The van der Waals surface area contributed by atoms with Gasteiger partial charge in [0.15, 0.2) is 0 Å². The van der Waals surface area contributed by atoms with Crippen molar-refractivity contribution in [1.29, 1.82) is 0 Å². The summed E-state index contributed by atoms with van der Waals surface area (Å²) in [5.41, 5.74) is 8.85. The number of imidazole rings is 1. The number of phenolic OH excluding ortho intramolecular Hbond substituents is 1. The Kier molecular flexibility index (Phi) is 3.34. The number of fused-ring (bicyclic) bond motifs is 1. The van der Waals surface area contributed by atoms with Gasteiger partial charge in [0.05, 0.1) is 16.6 Å². The van der Waals surface area contributed by atoms with Crippen LogP contribution in [0.15, 0.2) is 42.5 Å². The van der Waals surface area contributed by atoms with Gasteiger partial charge in [-0.15, -0.1) is 0 Å². The smallest absolute Gasteiger partial charge is 0.124 e. The summed E-state index contributed by atoms with van der Waals surface area (Å²) in [6, 6.07) is 12.4. The molecule has 0 aliphatic carbocycles. The van der Waals surface area contributed by atoms with Crippen LogP contribution in [0, 0.1) is 0 Å². The third-order valence-electron chi connectivity index (χ3n) is 3.22. The number of hydrogen-bond donors (Lipinski definition) is 3. The van der Waals surface area contributed by atoms with E-state index in [1.54, 1.807) is 18.2 Å². The number of hydrogen-bond acceptors (Lipinski definition) is 3. The van der Waals surface area contributed by atoms with E-state index in [4.69, 9.17) is 17.3 Å². The Bertz CT molecular complexity index is 736. The van der Waals surface area contributed by atoms with Gasteiger partial charge in [-0.25, -0.2) is 4.98 Å². The summed E-state index contributed by atoms with van der Waals surface area (Å²) in [5.74, 6) is 0.957. The lowest BCUT2D eigenvalue weighted by Gasteiger charge is -2.08. The van der Waals surface area contributed by atoms with E-state index in [1.807, 2.05) is 24.3 Å². The highest BCUT2D eigenvalue weighted by Crippen LogP contribution is 2.24. The zero-order valence-electron chi connectivity index (χ0n) is 10.7. The van der Waals surface area contributed by atoms with E-state index in [2.05, 4.69) is 9.97 Å². The van der Waals surface area contributed by atoms with Crippen molar-refractivity contribution < 1.29 is 5.11 Å². The summed E-state index contributed by atoms with van der Waals surface area (Å²) in [6.45, 7) is 0. The zero-order chi connectivity index (χ0) is 14.1. The molecule has 0 spiro atoms. The average molecular weight is 288 g/mol. The fourth-order valence-corrected chi connectivity index (χ4v) is 2.39. The maximum Gasteiger partial charge on any atom is 0.124 e. The van der Waals surface area contributed by atoms with E-state index in [9.17, 15) is 5.11 Å². The third kappa shape index (κ3) is 2.48. The van der Waals surface area contributed by atoms with Gasteiger partial charge in [0.1, 0.15) is 17.1 Å². The normalized spacial score (nSPS) is 12.7. The minimum absolute atomic E-state index is 0.247. The van der Waals surface area contributed by atoms with Crippen LogP contribution >= 0.6 is 11.6 Å². The first-order chi connectivity index (χ1) is 9.63. The van der Waals surface area contributed by atoms with Gasteiger partial charge in [0, 0.05) is 0 Å². The first-order valence-corrected chi connectivity index (χ1v) is 6.69. The van der Waals surface area contributed by atoms with Crippen molar-refractivity contribution in [1.82, 2.24) is 9.97 Å². The quantitative estimate of drug-likeness (QED) is 0.692. The molecule has 3 rings (SSSR count). The topological polar surface area (TPSA) is 74.9 Å². The van der Waals surface area contributed by atoms with Gasteiger partial charge in [-0.2, -0.15) is 0 Å². The molecule has 1 aromatic heterocycles. The number of nitrogens with zero attached hydrogens (tertiary/aromatic N) is 1. The molecule has 5 heteroatoms. The minimum Gasteiger partial charge on any atom is -0.508 e. The zero-order valence-corrected chi connectivity index (χ0v) is 11.4. The summed E-state index contributed by atoms with van der Waals surface area (Å²) in [6.07, 6.45) is 0.637. The van der Waals surface area contributed by atoms with Crippen molar-refractivity contribution in [2.45, 2.75) is 12.5 Å². The van der Waals surface area contributed by atoms with Crippen molar-refractivity contribution in [3.05, 3.63) is 58.9 Å². The Morgan fingerprint density at radius 1 is 1.20 bits per heavy atom. The number of halogens is 1. The van der Waals surface area contributed by atoms with Crippen molar-refractivity contribution in [2.24, 2.45) is 5.73 Å². The Labute approximate surface area is 121 Å². The first-order valence-electron chi connectivity index (χ1n) is 6.31. The lowest BCUT2D eigenvalue weighted by atomic mass is 10.1. The maximum atomic E-state index is 9.27. The number of rotatable bonds is 3. The molecule has 1 atom stereocenters. The number of benzene rings is 2. The van der Waals surface area contributed by atoms with Crippen LogP contribution in [-0.4, -0.2) is 15.1 Å². The SMILES string of the molecule is NC(Cc1ccc(O)cc1)c1nc2c(Cl)cccc2[nH]1. The van der Waals surface area contributed by atoms with Gasteiger partial charge in [-0.3, -0.25) is 0 Å². The number of aromatic hydroxyl groups is 1. The molecule has 3 aromatic rings. The van der Waals surface area contributed by atoms with Crippen LogP contribution in [0.2, 0.25) is 5.02 Å². The molecule has 0 fully saturated rings. The molecule has 20 heavy (non-hydrogen) atoms. The fraction of sp³-hybridized carbons (Fsp3) is 0.133. The molecule has 1 unspecified atom stereocenters. The highest BCUT2D eigenvalue weighted by atomic mass is 35.5. The lowest BCUT2D eigenvalue weighted by Crippen LogP contribution is -2.14. The van der Waals surface area contributed by atoms with Crippen LogP contribution in [0.25, 0.3) is 11.0 Å². The number of H-pyrrole nitrogens is 1. The molecule has 0 bridgehead atoms. The van der Waals surface area contributed by atoms with Crippen LogP contribution in [0.4, 0.5) is 0 Å². The molecule has 2 aromatic carbocycles. The fourth-order valence-electron chi connectivity index (χ4n) is 2.17. The first kappa shape index (κ1) is 13.0. The van der Waals surface area contributed by atoms with E-state index in [-0.39, 0.29) is 11.8 Å². The Balaban J connectivity index is 1.86. The summed E-state index contributed by atoms with van der Waals surface area (Å²) >= 11 is 6.10. The van der Waals surface area contributed by atoms with Crippen molar-refractivity contribution in [2.75, 3.05) is 0 Å². The Morgan fingerprint density at radius 3 is 2.65 bits per heavy atom. The predicted molar refractivity (Wildman–Crippen MR) is 79.8 cm³/mol. The largest absolute Gasteiger partial charge is 0.508 e. The van der Waals surface area contributed by atoms with E-state index in [0.29, 0.717) is 17.3 Å². The third-order valence-corrected chi connectivity index (χ3v) is 3.53. The summed E-state index contributed by atoms with van der Waals surface area (Å²) in [4.78, 5) is 7.66. The maximum absolute atomic E-state index is 9.27. The van der Waals surface area contributed by atoms with Gasteiger partial charge in [0.2, 0.25) is 0 Å². The molecule has 0 saturated heterocycles. The molecule has 0 aliphatic heterocycles. The summed E-state index contributed by atoms with van der Waals surface area (Å²) in [7, 11) is 0. The van der Waals surface area contributed by atoms with Crippen molar-refractivity contribution >= 4 is 22.6 Å². The molecule has 0 amide bonds. The van der Waals surface area contributed by atoms with Crippen LogP contribution in [0.3, 0.4) is 0 Å². The van der Waals surface area contributed by atoms with E-state index in [0.717, 1.165) is 16.6 Å². The molecule has 1 heterocycles. The number of nitrogens with one attached hydrogen (secondary N) is 1. The van der Waals surface area contributed by atoms with Gasteiger partial charge in [-0.1, -0.05) is 29.8 Å². The molecule has 0 saturated carbocycles. The number of phenols is 1. The monoisotopic (exact) mass is 287 g/mol. The number of nitrogens with two attached hydrogens (primary N) is 1. The second-order valence-electron chi connectivity index (χ2n) is 4.74. The average Bonchev–Trinajstić information content (AvgIpc) is 2.87. The summed E-state index contributed by atoms with van der Waals surface area (Å²) < 4.78 is 0. The summed E-state index contributed by atoms with van der Waals surface area (Å²) in [5, 5.41) is 9.88. The lowest BCUT2D eigenvalue weighted by molar-refractivity contribution is 0.475. The number of para-hydroxylation sites is 1. The van der Waals surface area contributed by atoms with Crippen LogP contribution < -0.4 is 5.73 Å². The van der Waals surface area contributed by atoms with Gasteiger partial charge in [0.25, 0.3) is 0 Å². The second kappa shape index (κ2) is 5.15. The minimum atomic E-state index is -0.247. The van der Waals surface area contributed by atoms with Crippen LogP contribution in [0.5, 0.6) is 5.75 Å². The second-order valence-corrected chi connectivity index (χ2v) is 5.14. The molecule has 0 radical (unpaired) electrons. The van der Waals surface area contributed by atoms with Crippen LogP contribution in [-0.2, 0) is 6.42 Å². The Morgan fingerprint density at radius 2 is 1.95 bits per heavy atom. The number of aromatic amines is 1. The van der Waals surface area contributed by atoms with E-state index >= 15 is 0 Å². The standard InChI is InChI=1S/C15H14ClN3O/c16-11-2-1-3-13-14(11)19-15(18-13)12(17)8-9-4-6-10(20)7-5-9/h1-7,12,20H,8,17H2,(H,18,19). The molecule has 4 N–H and O–H groups in total. The van der Waals surface area contributed by atoms with E-state index in [1.165, 1.54) is 0 Å². The van der Waals surface area contributed by atoms with Crippen LogP contribution in [0.1, 0.15) is 17.4 Å². The van der Waals surface area contributed by atoms with Crippen molar-refractivity contribution in [3.8, 4) is 5.75 Å². The molecular weight excluding hydrogens is 274 g/mol.